The van der Waals surface area contributed by atoms with E-state index in [9.17, 15) is 4.79 Å². The van der Waals surface area contributed by atoms with Gasteiger partial charge in [-0.2, -0.15) is 0 Å². The van der Waals surface area contributed by atoms with Crippen LogP contribution in [0, 0.1) is 11.3 Å². The van der Waals surface area contributed by atoms with Crippen LogP contribution in [-0.4, -0.2) is 67.3 Å². The summed E-state index contributed by atoms with van der Waals surface area (Å²) in [4.78, 5) is 16.9. The maximum absolute atomic E-state index is 12.5. The Hall–Kier alpha value is -0.810. The lowest BCUT2D eigenvalue weighted by Gasteiger charge is -2.31. The number of nitrogens with one attached hydrogen (secondary N) is 1. The Morgan fingerprint density at radius 1 is 1.26 bits per heavy atom. The summed E-state index contributed by atoms with van der Waals surface area (Å²) in [5.41, 5.74) is 0.132. The summed E-state index contributed by atoms with van der Waals surface area (Å²) >= 11 is 0. The lowest BCUT2D eigenvalue weighted by Crippen LogP contribution is -2.45. The number of carbonyl (C=O) groups excluding carboxylic acids is 1. The zero-order chi connectivity index (χ0) is 17.0. The standard InChI is InChI=1S/C18H35N3O2/c1-6-20(7-2)15-8-10-21(13-15)17(22)19-12-14-9-11-23-16(14)18(3,4)5/h14-16H,6-13H2,1-5H3,(H,19,22). The highest BCUT2D eigenvalue weighted by Gasteiger charge is 2.37. The molecule has 2 rings (SSSR count). The van der Waals surface area contributed by atoms with Gasteiger partial charge in [0.15, 0.2) is 0 Å². The molecule has 2 heterocycles. The van der Waals surface area contributed by atoms with Crippen molar-refractivity contribution in [3.05, 3.63) is 0 Å². The van der Waals surface area contributed by atoms with Gasteiger partial charge in [0.2, 0.25) is 0 Å². The van der Waals surface area contributed by atoms with E-state index in [0.29, 0.717) is 12.0 Å². The minimum atomic E-state index is 0.0965. The van der Waals surface area contributed by atoms with E-state index in [1.165, 1.54) is 0 Å². The van der Waals surface area contributed by atoms with E-state index < -0.39 is 0 Å². The second-order valence-electron chi connectivity index (χ2n) is 8.00. The molecular formula is C18H35N3O2. The molecule has 2 aliphatic heterocycles. The molecule has 0 bridgehead atoms. The van der Waals surface area contributed by atoms with Gasteiger partial charge in [-0.15, -0.1) is 0 Å². The van der Waals surface area contributed by atoms with E-state index in [1.807, 2.05) is 4.90 Å². The fraction of sp³-hybridized carbons (Fsp3) is 0.944. The number of nitrogens with zero attached hydrogens (tertiary/aromatic N) is 2. The first kappa shape index (κ1) is 18.5. The molecular weight excluding hydrogens is 290 g/mol. The topological polar surface area (TPSA) is 44.8 Å². The molecule has 2 saturated heterocycles. The third-order valence-corrected chi connectivity index (χ3v) is 5.36. The molecule has 0 aliphatic carbocycles. The van der Waals surface area contributed by atoms with Crippen LogP contribution >= 0.6 is 0 Å². The summed E-state index contributed by atoms with van der Waals surface area (Å²) in [5, 5.41) is 3.15. The van der Waals surface area contributed by atoms with Crippen LogP contribution in [0.25, 0.3) is 0 Å². The van der Waals surface area contributed by atoms with Gasteiger partial charge >= 0.3 is 6.03 Å². The number of hydrogen-bond acceptors (Lipinski definition) is 3. The first-order valence-electron chi connectivity index (χ1n) is 9.25. The fourth-order valence-electron chi connectivity index (χ4n) is 4.09. The zero-order valence-electron chi connectivity index (χ0n) is 15.6. The highest BCUT2D eigenvalue weighted by molar-refractivity contribution is 5.74. The maximum Gasteiger partial charge on any atom is 0.317 e. The number of likely N-dealkylation sites (N-methyl/N-ethyl adjacent to an activating group) is 1. The van der Waals surface area contributed by atoms with Crippen molar-refractivity contribution < 1.29 is 9.53 Å². The first-order valence-corrected chi connectivity index (χ1v) is 9.25. The zero-order valence-corrected chi connectivity index (χ0v) is 15.6. The third kappa shape index (κ3) is 4.60. The molecule has 23 heavy (non-hydrogen) atoms. The number of likely N-dealkylation sites (tertiary alicyclic amines) is 1. The molecule has 3 unspecified atom stereocenters. The molecule has 2 amide bonds. The van der Waals surface area contributed by atoms with Gasteiger partial charge in [-0.3, -0.25) is 4.90 Å². The number of carbonyl (C=O) groups is 1. The number of rotatable bonds is 5. The van der Waals surface area contributed by atoms with Crippen LogP contribution in [0.1, 0.15) is 47.5 Å². The predicted molar refractivity (Wildman–Crippen MR) is 93.6 cm³/mol. The fourth-order valence-corrected chi connectivity index (χ4v) is 4.09. The Morgan fingerprint density at radius 2 is 1.96 bits per heavy atom. The smallest absolute Gasteiger partial charge is 0.317 e. The Bertz CT molecular complexity index is 390. The normalized spacial score (nSPS) is 28.6. The number of hydrogen-bond donors (Lipinski definition) is 1. The largest absolute Gasteiger partial charge is 0.377 e. The molecule has 0 aromatic rings. The molecule has 5 heteroatoms. The first-order chi connectivity index (χ1) is 10.9. The summed E-state index contributed by atoms with van der Waals surface area (Å²) in [7, 11) is 0. The molecule has 2 aliphatic rings. The highest BCUT2D eigenvalue weighted by atomic mass is 16.5. The Kier molecular flexibility index (Phi) is 6.32. The van der Waals surface area contributed by atoms with Crippen molar-refractivity contribution in [1.82, 2.24) is 15.1 Å². The second kappa shape index (κ2) is 7.84. The van der Waals surface area contributed by atoms with E-state index in [1.54, 1.807) is 0 Å². The molecule has 5 nitrogen and oxygen atoms in total. The second-order valence-corrected chi connectivity index (χ2v) is 8.00. The molecule has 134 valence electrons. The monoisotopic (exact) mass is 325 g/mol. The van der Waals surface area contributed by atoms with Crippen molar-refractivity contribution in [3.63, 3.8) is 0 Å². The average molecular weight is 325 g/mol. The van der Waals surface area contributed by atoms with Gasteiger partial charge in [-0.1, -0.05) is 34.6 Å². The minimum absolute atomic E-state index is 0.0965. The Labute approximate surface area is 141 Å². The molecule has 3 atom stereocenters. The van der Waals surface area contributed by atoms with Gasteiger partial charge < -0.3 is 15.0 Å². The molecule has 0 saturated carbocycles. The van der Waals surface area contributed by atoms with Crippen molar-refractivity contribution in [2.45, 2.75) is 59.6 Å². The molecule has 0 aromatic carbocycles. The lowest BCUT2D eigenvalue weighted by molar-refractivity contribution is 0.00757. The summed E-state index contributed by atoms with van der Waals surface area (Å²) in [6, 6.07) is 0.618. The van der Waals surface area contributed by atoms with Gasteiger partial charge in [-0.05, 0) is 31.3 Å². The van der Waals surface area contributed by atoms with Gasteiger partial charge in [-0.25, -0.2) is 4.79 Å². The SMILES string of the molecule is CCN(CC)C1CCN(C(=O)NCC2CCOC2C(C)(C)C)C1. The molecule has 1 N–H and O–H groups in total. The van der Waals surface area contributed by atoms with Crippen LogP contribution < -0.4 is 5.32 Å². The highest BCUT2D eigenvalue weighted by Crippen LogP contribution is 2.34. The van der Waals surface area contributed by atoms with Crippen LogP contribution in [0.15, 0.2) is 0 Å². The summed E-state index contributed by atoms with van der Waals surface area (Å²) in [6.45, 7) is 16.4. The van der Waals surface area contributed by atoms with Crippen LogP contribution in [-0.2, 0) is 4.74 Å². The molecule has 0 radical (unpaired) electrons. The molecule has 0 aromatic heterocycles. The van der Waals surface area contributed by atoms with E-state index in [2.05, 4.69) is 44.8 Å². The van der Waals surface area contributed by atoms with Gasteiger partial charge in [0.1, 0.15) is 0 Å². The summed E-state index contributed by atoms with van der Waals surface area (Å²) in [5.74, 6) is 0.431. The average Bonchev–Trinajstić information content (AvgIpc) is 3.15. The van der Waals surface area contributed by atoms with Crippen LogP contribution in [0.3, 0.4) is 0 Å². The number of urea groups is 1. The van der Waals surface area contributed by atoms with Crippen LogP contribution in [0.5, 0.6) is 0 Å². The van der Waals surface area contributed by atoms with E-state index in [0.717, 1.165) is 52.2 Å². The van der Waals surface area contributed by atoms with Crippen molar-refractivity contribution in [1.29, 1.82) is 0 Å². The number of ether oxygens (including phenoxy) is 1. The molecule has 0 spiro atoms. The maximum atomic E-state index is 12.5. The Morgan fingerprint density at radius 3 is 2.57 bits per heavy atom. The number of amides is 2. The van der Waals surface area contributed by atoms with E-state index in [-0.39, 0.29) is 17.6 Å². The van der Waals surface area contributed by atoms with E-state index in [4.69, 9.17) is 4.74 Å². The third-order valence-electron chi connectivity index (χ3n) is 5.36. The summed E-state index contributed by atoms with van der Waals surface area (Å²) in [6.07, 6.45) is 2.38. The van der Waals surface area contributed by atoms with Crippen LogP contribution in [0.2, 0.25) is 0 Å². The molecule has 2 fully saturated rings. The summed E-state index contributed by atoms with van der Waals surface area (Å²) < 4.78 is 5.89. The predicted octanol–water partition coefficient (Wildman–Crippen LogP) is 2.56. The Balaban J connectivity index is 1.79. The van der Waals surface area contributed by atoms with Crippen molar-refractivity contribution in [3.8, 4) is 0 Å². The van der Waals surface area contributed by atoms with Crippen LogP contribution in [0.4, 0.5) is 4.79 Å². The van der Waals surface area contributed by atoms with Crippen molar-refractivity contribution in [2.24, 2.45) is 11.3 Å². The van der Waals surface area contributed by atoms with Gasteiger partial charge in [0, 0.05) is 38.2 Å². The van der Waals surface area contributed by atoms with E-state index >= 15 is 0 Å². The van der Waals surface area contributed by atoms with Gasteiger partial charge in [0.05, 0.1) is 6.10 Å². The minimum Gasteiger partial charge on any atom is -0.377 e. The van der Waals surface area contributed by atoms with Crippen molar-refractivity contribution >= 4 is 6.03 Å². The lowest BCUT2D eigenvalue weighted by atomic mass is 9.81. The van der Waals surface area contributed by atoms with Gasteiger partial charge in [0.25, 0.3) is 0 Å². The van der Waals surface area contributed by atoms with Crippen molar-refractivity contribution in [2.75, 3.05) is 39.3 Å². The quantitative estimate of drug-likeness (QED) is 0.845.